The molecule has 0 heterocycles. The molecule has 1 unspecified atom stereocenters. The number of benzene rings is 2. The van der Waals surface area contributed by atoms with Crippen LogP contribution in [-0.2, 0) is 6.54 Å². The maximum atomic E-state index is 13.7. The molecule has 2 aromatic rings. The lowest BCUT2D eigenvalue weighted by molar-refractivity contribution is 0.406. The van der Waals surface area contributed by atoms with Crippen LogP contribution in [0, 0.1) is 11.6 Å². The van der Waals surface area contributed by atoms with Gasteiger partial charge in [0.25, 0.3) is 0 Å². The molecule has 27 heavy (non-hydrogen) atoms. The van der Waals surface area contributed by atoms with Crippen molar-refractivity contribution in [2.24, 2.45) is 4.99 Å². The molecule has 2 aromatic carbocycles. The van der Waals surface area contributed by atoms with E-state index in [2.05, 4.69) is 22.5 Å². The van der Waals surface area contributed by atoms with Gasteiger partial charge in [0.05, 0.1) is 13.7 Å². The Morgan fingerprint density at radius 2 is 1.89 bits per heavy atom. The Bertz CT molecular complexity index is 756. The predicted octanol–water partition coefficient (Wildman–Crippen LogP) is 4.45. The van der Waals surface area contributed by atoms with Gasteiger partial charge >= 0.3 is 0 Å². The number of para-hydroxylation sites is 1. The Morgan fingerprint density at radius 3 is 2.59 bits per heavy atom. The first-order chi connectivity index (χ1) is 12.5. The van der Waals surface area contributed by atoms with E-state index in [4.69, 9.17) is 4.74 Å². The number of methoxy groups -OCH3 is 1. The Kier molecular flexibility index (Phi) is 10.1. The van der Waals surface area contributed by atoms with Crippen molar-refractivity contribution in [3.8, 4) is 5.75 Å². The molecule has 2 N–H and O–H groups in total. The summed E-state index contributed by atoms with van der Waals surface area (Å²) in [6.45, 7) is 5.38. The molecule has 1 atom stereocenters. The highest BCUT2D eigenvalue weighted by Crippen LogP contribution is 2.25. The summed E-state index contributed by atoms with van der Waals surface area (Å²) in [5, 5.41) is 6.36. The Labute approximate surface area is 176 Å². The van der Waals surface area contributed by atoms with Crippen LogP contribution in [0.15, 0.2) is 47.5 Å². The molecule has 0 saturated heterocycles. The SMILES string of the molecule is CCNC(=NCc1cc(F)ccc1F)NCC(C)c1ccccc1OC.I. The summed E-state index contributed by atoms with van der Waals surface area (Å²) in [6.07, 6.45) is 0. The Hall–Kier alpha value is -1.90. The van der Waals surface area contributed by atoms with E-state index >= 15 is 0 Å². The summed E-state index contributed by atoms with van der Waals surface area (Å²) < 4.78 is 32.4. The highest BCUT2D eigenvalue weighted by Gasteiger charge is 2.11. The molecule has 4 nitrogen and oxygen atoms in total. The number of hydrogen-bond acceptors (Lipinski definition) is 2. The minimum atomic E-state index is -0.473. The molecule has 148 valence electrons. The third kappa shape index (κ3) is 6.97. The van der Waals surface area contributed by atoms with Crippen molar-refractivity contribution in [3.05, 3.63) is 65.2 Å². The van der Waals surface area contributed by atoms with Crippen molar-refractivity contribution in [3.63, 3.8) is 0 Å². The van der Waals surface area contributed by atoms with Gasteiger partial charge in [0, 0.05) is 24.6 Å². The van der Waals surface area contributed by atoms with Crippen molar-refractivity contribution in [2.45, 2.75) is 26.3 Å². The lowest BCUT2D eigenvalue weighted by Crippen LogP contribution is -2.39. The number of aliphatic imine (C=N–C) groups is 1. The number of nitrogens with zero attached hydrogens (tertiary/aromatic N) is 1. The van der Waals surface area contributed by atoms with E-state index in [1.165, 1.54) is 6.07 Å². The summed E-state index contributed by atoms with van der Waals surface area (Å²) in [4.78, 5) is 4.35. The second-order valence-corrected chi connectivity index (χ2v) is 5.95. The summed E-state index contributed by atoms with van der Waals surface area (Å²) in [5.41, 5.74) is 1.31. The molecule has 0 aliphatic rings. The van der Waals surface area contributed by atoms with E-state index in [1.807, 2.05) is 31.2 Å². The summed E-state index contributed by atoms with van der Waals surface area (Å²) in [5.74, 6) is 0.636. The van der Waals surface area contributed by atoms with Crippen molar-refractivity contribution < 1.29 is 13.5 Å². The lowest BCUT2D eigenvalue weighted by Gasteiger charge is -2.18. The molecule has 0 fully saturated rings. The summed E-state index contributed by atoms with van der Waals surface area (Å²) >= 11 is 0. The van der Waals surface area contributed by atoms with Gasteiger partial charge in [-0.15, -0.1) is 24.0 Å². The van der Waals surface area contributed by atoms with Gasteiger partial charge in [-0.3, -0.25) is 0 Å². The topological polar surface area (TPSA) is 45.7 Å². The molecule has 0 amide bonds. The van der Waals surface area contributed by atoms with E-state index in [0.717, 1.165) is 23.4 Å². The number of ether oxygens (including phenoxy) is 1. The van der Waals surface area contributed by atoms with Crippen LogP contribution in [0.2, 0.25) is 0 Å². The van der Waals surface area contributed by atoms with Gasteiger partial charge in [0.15, 0.2) is 5.96 Å². The van der Waals surface area contributed by atoms with Crippen LogP contribution in [0.4, 0.5) is 8.78 Å². The summed E-state index contributed by atoms with van der Waals surface area (Å²) in [7, 11) is 1.65. The van der Waals surface area contributed by atoms with Crippen LogP contribution >= 0.6 is 24.0 Å². The fourth-order valence-electron chi connectivity index (χ4n) is 2.60. The van der Waals surface area contributed by atoms with Crippen LogP contribution in [-0.4, -0.2) is 26.2 Å². The highest BCUT2D eigenvalue weighted by atomic mass is 127. The first-order valence-corrected chi connectivity index (χ1v) is 8.64. The zero-order valence-electron chi connectivity index (χ0n) is 15.8. The minimum absolute atomic E-state index is 0. The number of halogens is 3. The van der Waals surface area contributed by atoms with Gasteiger partial charge in [-0.1, -0.05) is 25.1 Å². The van der Waals surface area contributed by atoms with Crippen LogP contribution in [0.5, 0.6) is 5.75 Å². The van der Waals surface area contributed by atoms with Crippen molar-refractivity contribution in [1.29, 1.82) is 0 Å². The van der Waals surface area contributed by atoms with Crippen LogP contribution in [0.25, 0.3) is 0 Å². The second-order valence-electron chi connectivity index (χ2n) is 5.95. The van der Waals surface area contributed by atoms with Crippen LogP contribution in [0.1, 0.15) is 30.9 Å². The quantitative estimate of drug-likeness (QED) is 0.343. The summed E-state index contributed by atoms with van der Waals surface area (Å²) in [6, 6.07) is 11.2. The molecule has 0 spiro atoms. The van der Waals surface area contributed by atoms with Crippen molar-refractivity contribution >= 4 is 29.9 Å². The molecule has 0 aromatic heterocycles. The molecule has 0 bridgehead atoms. The normalized spacial score (nSPS) is 12.1. The highest BCUT2D eigenvalue weighted by molar-refractivity contribution is 14.0. The predicted molar refractivity (Wildman–Crippen MR) is 116 cm³/mol. The fraction of sp³-hybridized carbons (Fsp3) is 0.350. The van der Waals surface area contributed by atoms with Gasteiger partial charge in [0.2, 0.25) is 0 Å². The number of rotatable bonds is 7. The van der Waals surface area contributed by atoms with Crippen molar-refractivity contribution in [2.75, 3.05) is 20.2 Å². The number of hydrogen-bond donors (Lipinski definition) is 2. The van der Waals surface area contributed by atoms with E-state index in [9.17, 15) is 8.78 Å². The van der Waals surface area contributed by atoms with Crippen molar-refractivity contribution in [1.82, 2.24) is 10.6 Å². The maximum absolute atomic E-state index is 13.7. The third-order valence-electron chi connectivity index (χ3n) is 4.01. The molecule has 0 aliphatic carbocycles. The smallest absolute Gasteiger partial charge is 0.191 e. The van der Waals surface area contributed by atoms with Gasteiger partial charge in [-0.05, 0) is 36.8 Å². The number of nitrogens with one attached hydrogen (secondary N) is 2. The maximum Gasteiger partial charge on any atom is 0.191 e. The Morgan fingerprint density at radius 1 is 1.15 bits per heavy atom. The molecular weight excluding hydrogens is 463 g/mol. The first-order valence-electron chi connectivity index (χ1n) is 8.64. The third-order valence-corrected chi connectivity index (χ3v) is 4.01. The standard InChI is InChI=1S/C20H25F2N3O.HI/c1-4-23-20(25-13-15-11-16(21)9-10-18(15)22)24-12-14(2)17-7-5-6-8-19(17)26-3;/h5-11,14H,4,12-13H2,1-3H3,(H2,23,24,25);1H. The molecule has 7 heteroatoms. The Balaban J connectivity index is 0.00000364. The largest absolute Gasteiger partial charge is 0.496 e. The molecule has 0 aliphatic heterocycles. The zero-order chi connectivity index (χ0) is 18.9. The second kappa shape index (κ2) is 11.7. The van der Waals surface area contributed by atoms with Gasteiger partial charge in [0.1, 0.15) is 17.4 Å². The van der Waals surface area contributed by atoms with E-state index in [1.54, 1.807) is 7.11 Å². The average Bonchev–Trinajstić information content (AvgIpc) is 2.66. The van der Waals surface area contributed by atoms with Gasteiger partial charge in [-0.25, -0.2) is 13.8 Å². The molecule has 2 rings (SSSR count). The van der Waals surface area contributed by atoms with Gasteiger partial charge in [-0.2, -0.15) is 0 Å². The van der Waals surface area contributed by atoms with E-state index in [-0.39, 0.29) is 42.0 Å². The van der Waals surface area contributed by atoms with Crippen LogP contribution < -0.4 is 15.4 Å². The molecule has 0 radical (unpaired) electrons. The zero-order valence-corrected chi connectivity index (χ0v) is 18.1. The first kappa shape index (κ1) is 23.1. The monoisotopic (exact) mass is 489 g/mol. The molecule has 0 saturated carbocycles. The van der Waals surface area contributed by atoms with Gasteiger partial charge < -0.3 is 15.4 Å². The van der Waals surface area contributed by atoms with Crippen LogP contribution in [0.3, 0.4) is 0 Å². The van der Waals surface area contributed by atoms with E-state index in [0.29, 0.717) is 19.0 Å². The lowest BCUT2D eigenvalue weighted by atomic mass is 10.0. The molecular formula is C20H26F2IN3O. The number of guanidine groups is 1. The fourth-order valence-corrected chi connectivity index (χ4v) is 2.60. The van der Waals surface area contributed by atoms with E-state index < -0.39 is 11.6 Å². The minimum Gasteiger partial charge on any atom is -0.496 e. The average molecular weight is 489 g/mol.